The molecule has 0 aromatic rings. The molecule has 2 N–H and O–H groups in total. The van der Waals surface area contributed by atoms with Gasteiger partial charge in [-0.25, -0.2) is 4.99 Å². The quantitative estimate of drug-likeness (QED) is 0.838. The van der Waals surface area contributed by atoms with Gasteiger partial charge in [-0.15, -0.1) is 12.4 Å². The zero-order valence-corrected chi connectivity index (χ0v) is 12.9. The van der Waals surface area contributed by atoms with E-state index in [1.165, 1.54) is 5.57 Å². The van der Waals surface area contributed by atoms with Crippen molar-refractivity contribution in [1.29, 1.82) is 0 Å². The van der Waals surface area contributed by atoms with E-state index in [-0.39, 0.29) is 30.5 Å². The Kier molecular flexibility index (Phi) is 3.89. The zero-order chi connectivity index (χ0) is 14.3. The lowest BCUT2D eigenvalue weighted by atomic mass is 9.74. The molecule has 1 spiro atoms. The highest BCUT2D eigenvalue weighted by Gasteiger charge is 2.49. The first-order valence-corrected chi connectivity index (χ1v) is 7.31. The van der Waals surface area contributed by atoms with Crippen molar-refractivity contribution >= 4 is 23.8 Å². The summed E-state index contributed by atoms with van der Waals surface area (Å²) in [6.45, 7) is 0.607. The van der Waals surface area contributed by atoms with Crippen molar-refractivity contribution in [3.63, 3.8) is 0 Å². The van der Waals surface area contributed by atoms with Crippen LogP contribution in [0, 0.1) is 5.92 Å². The zero-order valence-electron chi connectivity index (χ0n) is 12.1. The van der Waals surface area contributed by atoms with Crippen LogP contribution in [0.25, 0.3) is 0 Å². The fourth-order valence-corrected chi connectivity index (χ4v) is 3.37. The van der Waals surface area contributed by atoms with Crippen LogP contribution in [0.3, 0.4) is 0 Å². The summed E-state index contributed by atoms with van der Waals surface area (Å²) in [5.74, 6) is 1.01. The summed E-state index contributed by atoms with van der Waals surface area (Å²) < 4.78 is 0. The van der Waals surface area contributed by atoms with Crippen LogP contribution in [0.1, 0.15) is 6.42 Å². The van der Waals surface area contributed by atoms with E-state index in [1.54, 1.807) is 0 Å². The normalized spacial score (nSPS) is 30.1. The van der Waals surface area contributed by atoms with Crippen LogP contribution in [-0.4, -0.2) is 35.2 Å². The number of aliphatic imine (C=N–C) groups is 2. The summed E-state index contributed by atoms with van der Waals surface area (Å²) >= 11 is 0. The van der Waals surface area contributed by atoms with Crippen molar-refractivity contribution in [3.05, 3.63) is 60.0 Å². The average Bonchev–Trinajstić information content (AvgIpc) is 2.84. The topological polar surface area (TPSA) is 57.0 Å². The van der Waals surface area contributed by atoms with Crippen molar-refractivity contribution in [1.82, 2.24) is 5.32 Å². The van der Waals surface area contributed by atoms with E-state index in [0.29, 0.717) is 6.54 Å². The number of rotatable bonds is 3. The van der Waals surface area contributed by atoms with Gasteiger partial charge in [0.15, 0.2) is 0 Å². The predicted molar refractivity (Wildman–Crippen MR) is 91.6 cm³/mol. The van der Waals surface area contributed by atoms with Gasteiger partial charge in [0.1, 0.15) is 11.4 Å². The molecule has 0 bridgehead atoms. The molecule has 0 aromatic heterocycles. The average molecular weight is 316 g/mol. The van der Waals surface area contributed by atoms with Crippen LogP contribution in [0.15, 0.2) is 70.0 Å². The van der Waals surface area contributed by atoms with Gasteiger partial charge < -0.3 is 10.4 Å². The Morgan fingerprint density at radius 3 is 3.09 bits per heavy atom. The maximum Gasteiger partial charge on any atom is 0.132 e. The predicted octanol–water partition coefficient (Wildman–Crippen LogP) is 2.11. The lowest BCUT2D eigenvalue weighted by molar-refractivity contribution is 0.296. The molecule has 4 rings (SSSR count). The van der Waals surface area contributed by atoms with Crippen molar-refractivity contribution < 1.29 is 5.11 Å². The standard InChI is InChI=1S/C17H17N3O.ClH/c21-10-9-18-16-11-13-12-5-1-2-6-14(12)20-17(13)8-4-3-7-15(17)19-16;/h1-5,7-8,11,13,18,21H,6,9-10H2;1H. The summed E-state index contributed by atoms with van der Waals surface area (Å²) in [6, 6.07) is 0. The summed E-state index contributed by atoms with van der Waals surface area (Å²) in [6.07, 6.45) is 17.7. The van der Waals surface area contributed by atoms with Crippen molar-refractivity contribution in [2.75, 3.05) is 13.2 Å². The van der Waals surface area contributed by atoms with Crippen molar-refractivity contribution in [2.45, 2.75) is 12.0 Å². The largest absolute Gasteiger partial charge is 0.395 e. The van der Waals surface area contributed by atoms with Crippen LogP contribution in [0.4, 0.5) is 0 Å². The number of fused-ring (bicyclic) bond motifs is 2. The van der Waals surface area contributed by atoms with E-state index in [9.17, 15) is 0 Å². The SMILES string of the molecule is Cl.OCCNC1=CC2C3=CC=CCC3=NC23C=CC=CC3=N1. The number of halogens is 1. The molecule has 5 heteroatoms. The minimum atomic E-state index is -0.369. The van der Waals surface area contributed by atoms with Gasteiger partial charge in [0.05, 0.1) is 12.3 Å². The molecule has 0 saturated heterocycles. The van der Waals surface area contributed by atoms with Crippen LogP contribution in [0.2, 0.25) is 0 Å². The fraction of sp³-hybridized carbons (Fsp3) is 0.294. The second-order valence-electron chi connectivity index (χ2n) is 5.53. The highest BCUT2D eigenvalue weighted by Crippen LogP contribution is 2.45. The molecular weight excluding hydrogens is 298 g/mol. The van der Waals surface area contributed by atoms with Crippen LogP contribution >= 0.6 is 12.4 Å². The molecule has 0 fully saturated rings. The van der Waals surface area contributed by atoms with Crippen LogP contribution in [-0.2, 0) is 0 Å². The molecule has 2 atom stereocenters. The molecule has 0 amide bonds. The molecular formula is C17H18ClN3O. The molecule has 0 saturated carbocycles. The van der Waals surface area contributed by atoms with E-state index in [4.69, 9.17) is 15.1 Å². The number of nitrogens with zero attached hydrogens (tertiary/aromatic N) is 2. The Hall–Kier alpha value is -1.91. The Balaban J connectivity index is 0.00000144. The number of hydrogen-bond acceptors (Lipinski definition) is 4. The molecule has 0 radical (unpaired) electrons. The molecule has 2 aliphatic heterocycles. The summed E-state index contributed by atoms with van der Waals surface area (Å²) in [5.41, 5.74) is 3.05. The second-order valence-corrected chi connectivity index (χ2v) is 5.53. The second kappa shape index (κ2) is 5.71. The van der Waals surface area contributed by atoms with Gasteiger partial charge in [0.2, 0.25) is 0 Å². The van der Waals surface area contributed by atoms with E-state index in [2.05, 4.69) is 41.8 Å². The Morgan fingerprint density at radius 2 is 2.23 bits per heavy atom. The molecule has 2 aliphatic carbocycles. The fourth-order valence-electron chi connectivity index (χ4n) is 3.37. The highest BCUT2D eigenvalue weighted by atomic mass is 35.5. The lowest BCUT2D eigenvalue weighted by Gasteiger charge is -2.34. The maximum absolute atomic E-state index is 9.00. The van der Waals surface area contributed by atoms with E-state index in [0.717, 1.165) is 23.7 Å². The minimum absolute atomic E-state index is 0. The molecule has 4 aliphatic rings. The lowest BCUT2D eigenvalue weighted by Crippen LogP contribution is -2.43. The van der Waals surface area contributed by atoms with Gasteiger partial charge >= 0.3 is 0 Å². The maximum atomic E-state index is 9.00. The molecule has 22 heavy (non-hydrogen) atoms. The van der Waals surface area contributed by atoms with E-state index in [1.807, 2.05) is 12.2 Å². The van der Waals surface area contributed by atoms with Crippen molar-refractivity contribution in [2.24, 2.45) is 15.9 Å². The molecule has 114 valence electrons. The molecule has 2 heterocycles. The van der Waals surface area contributed by atoms with Crippen LogP contribution in [0.5, 0.6) is 0 Å². The number of aliphatic hydroxyl groups excluding tert-OH is 1. The first-order chi connectivity index (χ1) is 10.3. The van der Waals surface area contributed by atoms with Gasteiger partial charge in [-0.1, -0.05) is 36.5 Å². The van der Waals surface area contributed by atoms with Gasteiger partial charge in [0, 0.05) is 24.6 Å². The monoisotopic (exact) mass is 315 g/mol. The van der Waals surface area contributed by atoms with Gasteiger partial charge in [-0.05, 0) is 17.7 Å². The van der Waals surface area contributed by atoms with Crippen LogP contribution < -0.4 is 5.32 Å². The molecule has 2 unspecified atom stereocenters. The first kappa shape index (κ1) is 15.0. The Bertz CT molecular complexity index is 697. The van der Waals surface area contributed by atoms with E-state index < -0.39 is 0 Å². The summed E-state index contributed by atoms with van der Waals surface area (Å²) in [7, 11) is 0. The van der Waals surface area contributed by atoms with Crippen molar-refractivity contribution in [3.8, 4) is 0 Å². The molecule has 0 aromatic carbocycles. The van der Waals surface area contributed by atoms with Gasteiger partial charge in [-0.3, -0.25) is 4.99 Å². The third-order valence-corrected chi connectivity index (χ3v) is 4.29. The van der Waals surface area contributed by atoms with Gasteiger partial charge in [0.25, 0.3) is 0 Å². The minimum Gasteiger partial charge on any atom is -0.395 e. The first-order valence-electron chi connectivity index (χ1n) is 7.31. The molecule has 4 nitrogen and oxygen atoms in total. The Labute approximate surface area is 135 Å². The third-order valence-electron chi connectivity index (χ3n) is 4.29. The third kappa shape index (κ3) is 2.11. The highest BCUT2D eigenvalue weighted by molar-refractivity contribution is 6.16. The Morgan fingerprint density at radius 1 is 1.32 bits per heavy atom. The van der Waals surface area contributed by atoms with E-state index >= 15 is 0 Å². The number of allylic oxidation sites excluding steroid dienone is 5. The van der Waals surface area contributed by atoms with Gasteiger partial charge in [-0.2, -0.15) is 0 Å². The smallest absolute Gasteiger partial charge is 0.132 e. The number of hydrogen-bond donors (Lipinski definition) is 2. The summed E-state index contributed by atoms with van der Waals surface area (Å²) in [4.78, 5) is 9.70. The number of aliphatic hydroxyl groups is 1. The summed E-state index contributed by atoms with van der Waals surface area (Å²) in [5, 5.41) is 12.2. The number of nitrogens with one attached hydrogen (secondary N) is 1.